The molecule has 3 atom stereocenters. The third-order valence-corrected chi connectivity index (χ3v) is 4.48. The number of aryl methyl sites for hydroxylation is 1. The van der Waals surface area contributed by atoms with Gasteiger partial charge < -0.3 is 0 Å². The molecule has 1 aromatic rings. The fourth-order valence-electron chi connectivity index (χ4n) is 2.97. The number of hydrogen-bond acceptors (Lipinski definition) is 1. The minimum Gasteiger partial charge on any atom is -0.261 e. The van der Waals surface area contributed by atoms with E-state index < -0.39 is 0 Å². The Balaban J connectivity index is 2.57. The molecule has 0 N–H and O–H groups in total. The van der Waals surface area contributed by atoms with Crippen LogP contribution >= 0.6 is 9.24 Å². The van der Waals surface area contributed by atoms with Crippen LogP contribution in [0.25, 0.3) is 0 Å². The van der Waals surface area contributed by atoms with Gasteiger partial charge in [-0.05, 0) is 62.0 Å². The molecular weight excluding hydrogens is 249 g/mol. The molecule has 2 heteroatoms. The Morgan fingerprint density at radius 2 is 2.05 bits per heavy atom. The molecule has 0 bridgehead atoms. The number of aliphatic imine (C=N–C) groups is 1. The van der Waals surface area contributed by atoms with Gasteiger partial charge in [-0.15, -0.1) is 9.24 Å². The van der Waals surface area contributed by atoms with E-state index in [1.54, 1.807) is 0 Å². The highest BCUT2D eigenvalue weighted by Gasteiger charge is 2.25. The standard InChI is InChI=1S/C17H24NP/c1-5-18-15-9-12(3)10-16(19)17(15)14-8-11(2)6-7-13(14)4/h5,8-10,13-14H,6-7,19H2,1-4H3/b18-5+. The lowest BCUT2D eigenvalue weighted by Crippen LogP contribution is -2.18. The van der Waals surface area contributed by atoms with Crippen LogP contribution in [0, 0.1) is 12.8 Å². The number of nitrogens with zero attached hydrogens (tertiary/aromatic N) is 1. The molecule has 0 saturated carbocycles. The average molecular weight is 273 g/mol. The van der Waals surface area contributed by atoms with Crippen LogP contribution in [0.2, 0.25) is 0 Å². The van der Waals surface area contributed by atoms with E-state index in [0.717, 1.165) is 5.69 Å². The smallest absolute Gasteiger partial charge is 0.0672 e. The predicted octanol–water partition coefficient (Wildman–Crippen LogP) is 4.68. The zero-order valence-electron chi connectivity index (χ0n) is 12.4. The van der Waals surface area contributed by atoms with Crippen LogP contribution in [-0.2, 0) is 0 Å². The molecule has 1 aromatic carbocycles. The monoisotopic (exact) mass is 273 g/mol. The van der Waals surface area contributed by atoms with Crippen molar-refractivity contribution in [1.82, 2.24) is 0 Å². The van der Waals surface area contributed by atoms with Gasteiger partial charge in [-0.25, -0.2) is 0 Å². The van der Waals surface area contributed by atoms with Crippen LogP contribution in [-0.4, -0.2) is 6.21 Å². The summed E-state index contributed by atoms with van der Waals surface area (Å²) < 4.78 is 0. The molecule has 102 valence electrons. The van der Waals surface area contributed by atoms with Crippen molar-refractivity contribution in [2.75, 3.05) is 0 Å². The second-order valence-electron chi connectivity index (χ2n) is 5.73. The van der Waals surface area contributed by atoms with E-state index in [0.29, 0.717) is 11.8 Å². The molecule has 1 nitrogen and oxygen atoms in total. The molecule has 1 aliphatic carbocycles. The molecule has 0 saturated heterocycles. The summed E-state index contributed by atoms with van der Waals surface area (Å²) in [5.74, 6) is 1.19. The van der Waals surface area contributed by atoms with E-state index in [2.05, 4.69) is 53.2 Å². The summed E-state index contributed by atoms with van der Waals surface area (Å²) in [5.41, 5.74) is 5.31. The molecular formula is C17H24NP. The predicted molar refractivity (Wildman–Crippen MR) is 89.2 cm³/mol. The molecule has 3 unspecified atom stereocenters. The van der Waals surface area contributed by atoms with Gasteiger partial charge in [0.15, 0.2) is 0 Å². The average Bonchev–Trinajstić information content (AvgIpc) is 2.33. The van der Waals surface area contributed by atoms with Crippen molar-refractivity contribution >= 4 is 26.4 Å². The van der Waals surface area contributed by atoms with Crippen LogP contribution in [0.1, 0.15) is 50.7 Å². The molecule has 0 fully saturated rings. The zero-order valence-corrected chi connectivity index (χ0v) is 13.6. The number of hydrogen-bond donors (Lipinski definition) is 0. The van der Waals surface area contributed by atoms with Crippen LogP contribution < -0.4 is 5.30 Å². The first-order chi connectivity index (χ1) is 9.02. The van der Waals surface area contributed by atoms with Crippen molar-refractivity contribution in [2.45, 2.75) is 46.5 Å². The Morgan fingerprint density at radius 3 is 2.74 bits per heavy atom. The largest absolute Gasteiger partial charge is 0.261 e. The van der Waals surface area contributed by atoms with Crippen LogP contribution in [0.3, 0.4) is 0 Å². The SMILES string of the molecule is C/C=N/c1cc(C)cc(P)c1C1C=C(C)CCC1C. The molecule has 0 aromatic heterocycles. The first-order valence-corrected chi connectivity index (χ1v) is 7.66. The maximum atomic E-state index is 4.60. The lowest BCUT2D eigenvalue weighted by molar-refractivity contribution is 0.460. The van der Waals surface area contributed by atoms with Crippen LogP contribution in [0.4, 0.5) is 5.69 Å². The normalized spacial score (nSPS) is 23.7. The lowest BCUT2D eigenvalue weighted by Gasteiger charge is -2.29. The summed E-state index contributed by atoms with van der Waals surface area (Å²) in [6.07, 6.45) is 6.86. The van der Waals surface area contributed by atoms with Crippen molar-refractivity contribution in [3.05, 3.63) is 34.9 Å². The second-order valence-corrected chi connectivity index (χ2v) is 6.35. The van der Waals surface area contributed by atoms with Gasteiger partial charge in [-0.1, -0.05) is 24.6 Å². The molecule has 0 spiro atoms. The Labute approximate surface area is 119 Å². The molecule has 19 heavy (non-hydrogen) atoms. The molecule has 0 aliphatic heterocycles. The Hall–Kier alpha value is -0.940. The Bertz CT molecular complexity index is 528. The highest BCUT2D eigenvalue weighted by molar-refractivity contribution is 7.27. The molecule has 0 amide bonds. The molecule has 1 aliphatic rings. The van der Waals surface area contributed by atoms with E-state index in [1.165, 1.54) is 34.8 Å². The molecule has 2 rings (SSSR count). The Morgan fingerprint density at radius 1 is 1.32 bits per heavy atom. The third-order valence-electron chi connectivity index (χ3n) is 4.01. The van der Waals surface area contributed by atoms with E-state index in [1.807, 2.05) is 13.1 Å². The quantitative estimate of drug-likeness (QED) is 0.421. The zero-order chi connectivity index (χ0) is 14.0. The molecule has 0 radical (unpaired) electrons. The maximum absolute atomic E-state index is 4.60. The maximum Gasteiger partial charge on any atom is 0.0672 e. The van der Waals surface area contributed by atoms with E-state index in [4.69, 9.17) is 0 Å². The van der Waals surface area contributed by atoms with Crippen molar-refractivity contribution in [1.29, 1.82) is 0 Å². The van der Waals surface area contributed by atoms with E-state index in [9.17, 15) is 0 Å². The van der Waals surface area contributed by atoms with Crippen molar-refractivity contribution in [3.63, 3.8) is 0 Å². The minimum atomic E-state index is 0.501. The number of allylic oxidation sites excluding steroid dienone is 2. The first-order valence-electron chi connectivity index (χ1n) is 7.09. The summed E-state index contributed by atoms with van der Waals surface area (Å²) in [5, 5.41) is 1.29. The van der Waals surface area contributed by atoms with Crippen molar-refractivity contribution in [3.8, 4) is 0 Å². The summed E-state index contributed by atoms with van der Waals surface area (Å²) >= 11 is 0. The van der Waals surface area contributed by atoms with Crippen molar-refractivity contribution in [2.24, 2.45) is 10.9 Å². The third kappa shape index (κ3) is 3.15. The fourth-order valence-corrected chi connectivity index (χ4v) is 3.58. The van der Waals surface area contributed by atoms with Crippen LogP contribution in [0.5, 0.6) is 0 Å². The van der Waals surface area contributed by atoms with E-state index >= 15 is 0 Å². The fraction of sp³-hybridized carbons (Fsp3) is 0.471. The van der Waals surface area contributed by atoms with Crippen molar-refractivity contribution < 1.29 is 0 Å². The van der Waals surface area contributed by atoms with Crippen LogP contribution in [0.15, 0.2) is 28.8 Å². The summed E-state index contributed by atoms with van der Waals surface area (Å²) in [6.45, 7) is 8.73. The van der Waals surface area contributed by atoms with E-state index in [-0.39, 0.29) is 0 Å². The summed E-state index contributed by atoms with van der Waals surface area (Å²) in [7, 11) is 2.90. The minimum absolute atomic E-state index is 0.501. The van der Waals surface area contributed by atoms with Gasteiger partial charge in [0.2, 0.25) is 0 Å². The van der Waals surface area contributed by atoms with Gasteiger partial charge in [-0.3, -0.25) is 4.99 Å². The number of benzene rings is 1. The summed E-state index contributed by atoms with van der Waals surface area (Å²) in [4.78, 5) is 4.60. The second kappa shape index (κ2) is 6.01. The summed E-state index contributed by atoms with van der Waals surface area (Å²) in [6, 6.07) is 4.45. The lowest BCUT2D eigenvalue weighted by atomic mass is 9.77. The van der Waals surface area contributed by atoms with Gasteiger partial charge >= 0.3 is 0 Å². The van der Waals surface area contributed by atoms with Gasteiger partial charge in [-0.2, -0.15) is 0 Å². The Kier molecular flexibility index (Phi) is 4.58. The highest BCUT2D eigenvalue weighted by Crippen LogP contribution is 2.39. The number of rotatable bonds is 2. The van der Waals surface area contributed by atoms with Gasteiger partial charge in [0.05, 0.1) is 5.69 Å². The topological polar surface area (TPSA) is 12.4 Å². The first kappa shape index (κ1) is 14.5. The highest BCUT2D eigenvalue weighted by atomic mass is 31.0. The van der Waals surface area contributed by atoms with Gasteiger partial charge in [0, 0.05) is 12.1 Å². The van der Waals surface area contributed by atoms with Gasteiger partial charge in [0.1, 0.15) is 0 Å². The molecule has 0 heterocycles. The van der Waals surface area contributed by atoms with Gasteiger partial charge in [0.25, 0.3) is 0 Å².